The molecule has 2 aliphatic heterocycles. The maximum absolute atomic E-state index is 11.7. The van der Waals surface area contributed by atoms with Crippen LogP contribution in [0.5, 0.6) is 0 Å². The molecule has 0 amide bonds. The van der Waals surface area contributed by atoms with E-state index in [0.29, 0.717) is 0 Å². The Bertz CT molecular complexity index is 415. The van der Waals surface area contributed by atoms with E-state index in [9.17, 15) is 4.79 Å². The lowest BCUT2D eigenvalue weighted by atomic mass is 10.1. The third-order valence-electron chi connectivity index (χ3n) is 3.59. The summed E-state index contributed by atoms with van der Waals surface area (Å²) in [5.41, 5.74) is 0. The number of aromatic nitrogens is 1. The first-order valence-electron chi connectivity index (χ1n) is 6.33. The second-order valence-corrected chi connectivity index (χ2v) is 5.71. The van der Waals surface area contributed by atoms with E-state index in [2.05, 4.69) is 14.8 Å². The fourth-order valence-corrected chi connectivity index (χ4v) is 3.33. The van der Waals surface area contributed by atoms with Crippen LogP contribution >= 0.6 is 11.3 Å². The van der Waals surface area contributed by atoms with Crippen molar-refractivity contribution in [2.75, 3.05) is 31.1 Å². The van der Waals surface area contributed by atoms with Crippen molar-refractivity contribution in [1.82, 2.24) is 9.88 Å². The molecule has 0 spiro atoms. The average Bonchev–Trinajstić information content (AvgIpc) is 2.99. The van der Waals surface area contributed by atoms with Gasteiger partial charge in [-0.1, -0.05) is 0 Å². The lowest BCUT2D eigenvalue weighted by Crippen LogP contribution is -2.51. The highest BCUT2D eigenvalue weighted by atomic mass is 32.1. The minimum Gasteiger partial charge on any atom is -0.461 e. The van der Waals surface area contributed by atoms with Crippen molar-refractivity contribution in [3.8, 4) is 0 Å². The standard InChI is InChI=1S/C12H17N3O2S/c1-9-8-10(11(16)17-9)14-3-5-15(6-4-14)12-13-2-7-18-12/h2,7,9-10H,3-6,8H2,1H3. The maximum Gasteiger partial charge on any atom is 0.323 e. The van der Waals surface area contributed by atoms with Crippen LogP contribution in [-0.4, -0.2) is 54.2 Å². The Morgan fingerprint density at radius 3 is 2.72 bits per heavy atom. The molecule has 3 heterocycles. The van der Waals surface area contributed by atoms with Crippen LogP contribution in [0.3, 0.4) is 0 Å². The molecule has 1 aromatic heterocycles. The Labute approximate surface area is 110 Å². The summed E-state index contributed by atoms with van der Waals surface area (Å²) in [5.74, 6) is -0.0507. The van der Waals surface area contributed by atoms with Gasteiger partial charge in [-0.05, 0) is 6.92 Å². The molecule has 2 aliphatic rings. The van der Waals surface area contributed by atoms with Crippen molar-refractivity contribution in [1.29, 1.82) is 0 Å². The maximum atomic E-state index is 11.7. The average molecular weight is 267 g/mol. The van der Waals surface area contributed by atoms with Gasteiger partial charge in [0, 0.05) is 44.2 Å². The monoisotopic (exact) mass is 267 g/mol. The van der Waals surface area contributed by atoms with Crippen molar-refractivity contribution < 1.29 is 9.53 Å². The zero-order valence-electron chi connectivity index (χ0n) is 10.4. The topological polar surface area (TPSA) is 45.7 Å². The molecule has 0 radical (unpaired) electrons. The lowest BCUT2D eigenvalue weighted by Gasteiger charge is -2.36. The number of hydrogen-bond acceptors (Lipinski definition) is 6. The molecule has 2 unspecified atom stereocenters. The van der Waals surface area contributed by atoms with Crippen molar-refractivity contribution in [2.24, 2.45) is 0 Å². The molecular weight excluding hydrogens is 250 g/mol. The molecule has 0 N–H and O–H groups in total. The van der Waals surface area contributed by atoms with Gasteiger partial charge in [-0.15, -0.1) is 11.3 Å². The number of ether oxygens (including phenoxy) is 1. The largest absolute Gasteiger partial charge is 0.461 e. The normalized spacial score (nSPS) is 29.6. The van der Waals surface area contributed by atoms with Crippen LogP contribution in [0.1, 0.15) is 13.3 Å². The molecule has 2 saturated heterocycles. The second kappa shape index (κ2) is 4.85. The van der Waals surface area contributed by atoms with Gasteiger partial charge in [0.15, 0.2) is 5.13 Å². The molecule has 98 valence electrons. The van der Waals surface area contributed by atoms with E-state index < -0.39 is 0 Å². The Hall–Kier alpha value is -1.14. The predicted octanol–water partition coefficient (Wildman–Crippen LogP) is 0.969. The van der Waals surface area contributed by atoms with Crippen molar-refractivity contribution in [2.45, 2.75) is 25.5 Å². The predicted molar refractivity (Wildman–Crippen MR) is 69.9 cm³/mol. The van der Waals surface area contributed by atoms with Crippen molar-refractivity contribution in [3.05, 3.63) is 11.6 Å². The number of esters is 1. The van der Waals surface area contributed by atoms with Crippen LogP contribution in [0.4, 0.5) is 5.13 Å². The van der Waals surface area contributed by atoms with Gasteiger partial charge >= 0.3 is 5.97 Å². The van der Waals surface area contributed by atoms with Crippen LogP contribution in [0.25, 0.3) is 0 Å². The first-order valence-corrected chi connectivity index (χ1v) is 7.21. The van der Waals surface area contributed by atoms with E-state index in [1.807, 2.05) is 18.5 Å². The van der Waals surface area contributed by atoms with E-state index in [0.717, 1.165) is 37.7 Å². The molecule has 1 aromatic rings. The molecule has 0 saturated carbocycles. The van der Waals surface area contributed by atoms with E-state index >= 15 is 0 Å². The molecule has 5 nitrogen and oxygen atoms in total. The summed E-state index contributed by atoms with van der Waals surface area (Å²) < 4.78 is 5.22. The highest BCUT2D eigenvalue weighted by molar-refractivity contribution is 7.13. The molecule has 3 rings (SSSR count). The van der Waals surface area contributed by atoms with Crippen LogP contribution < -0.4 is 4.90 Å². The highest BCUT2D eigenvalue weighted by Gasteiger charge is 2.37. The summed E-state index contributed by atoms with van der Waals surface area (Å²) in [6.07, 6.45) is 2.73. The molecular formula is C12H17N3O2S. The van der Waals surface area contributed by atoms with Gasteiger partial charge < -0.3 is 9.64 Å². The first-order chi connectivity index (χ1) is 8.74. The van der Waals surface area contributed by atoms with Crippen molar-refractivity contribution >= 4 is 22.4 Å². The van der Waals surface area contributed by atoms with Crippen molar-refractivity contribution in [3.63, 3.8) is 0 Å². The SMILES string of the molecule is CC1CC(N2CCN(c3nccs3)CC2)C(=O)O1. The summed E-state index contributed by atoms with van der Waals surface area (Å²) in [6.45, 7) is 5.65. The Morgan fingerprint density at radius 2 is 2.17 bits per heavy atom. The van der Waals surface area contributed by atoms with Crippen LogP contribution in [-0.2, 0) is 9.53 Å². The molecule has 2 atom stereocenters. The number of rotatable bonds is 2. The zero-order valence-corrected chi connectivity index (χ0v) is 11.2. The third-order valence-corrected chi connectivity index (χ3v) is 4.42. The Morgan fingerprint density at radius 1 is 1.39 bits per heavy atom. The van der Waals surface area contributed by atoms with Gasteiger partial charge in [-0.3, -0.25) is 9.69 Å². The smallest absolute Gasteiger partial charge is 0.323 e. The minimum absolute atomic E-state index is 0.0292. The van der Waals surface area contributed by atoms with Crippen LogP contribution in [0.15, 0.2) is 11.6 Å². The van der Waals surface area contributed by atoms with Gasteiger partial charge in [-0.2, -0.15) is 0 Å². The summed E-state index contributed by atoms with van der Waals surface area (Å²) in [4.78, 5) is 20.6. The summed E-state index contributed by atoms with van der Waals surface area (Å²) in [6, 6.07) is -0.0292. The number of cyclic esters (lactones) is 1. The summed E-state index contributed by atoms with van der Waals surface area (Å²) in [7, 11) is 0. The Kier molecular flexibility index (Phi) is 3.22. The zero-order chi connectivity index (χ0) is 12.5. The molecule has 0 aliphatic carbocycles. The van der Waals surface area contributed by atoms with Gasteiger partial charge in [0.05, 0.1) is 0 Å². The van der Waals surface area contributed by atoms with Gasteiger partial charge in [0.1, 0.15) is 12.1 Å². The number of carbonyl (C=O) groups excluding carboxylic acids is 1. The number of nitrogens with zero attached hydrogens (tertiary/aromatic N) is 3. The van der Waals surface area contributed by atoms with E-state index in [1.165, 1.54) is 0 Å². The molecule has 0 bridgehead atoms. The van der Waals surface area contributed by atoms with Gasteiger partial charge in [0.2, 0.25) is 0 Å². The number of thiazole rings is 1. The third kappa shape index (κ3) is 2.22. The first kappa shape index (κ1) is 11.9. The second-order valence-electron chi connectivity index (χ2n) is 4.84. The fourth-order valence-electron chi connectivity index (χ4n) is 2.63. The number of piperazine rings is 1. The van der Waals surface area contributed by atoms with E-state index in [-0.39, 0.29) is 18.1 Å². The van der Waals surface area contributed by atoms with E-state index in [1.54, 1.807) is 11.3 Å². The fraction of sp³-hybridized carbons (Fsp3) is 0.667. The number of carbonyl (C=O) groups is 1. The van der Waals surface area contributed by atoms with Crippen LogP contribution in [0.2, 0.25) is 0 Å². The summed E-state index contributed by atoms with van der Waals surface area (Å²) >= 11 is 1.67. The number of anilines is 1. The quantitative estimate of drug-likeness (QED) is 0.747. The molecule has 6 heteroatoms. The van der Waals surface area contributed by atoms with Crippen LogP contribution in [0, 0.1) is 0 Å². The molecule has 2 fully saturated rings. The number of hydrogen-bond donors (Lipinski definition) is 0. The van der Waals surface area contributed by atoms with Gasteiger partial charge in [-0.25, -0.2) is 4.98 Å². The van der Waals surface area contributed by atoms with Gasteiger partial charge in [0.25, 0.3) is 0 Å². The Balaban J connectivity index is 1.59. The molecule has 0 aromatic carbocycles. The lowest BCUT2D eigenvalue weighted by molar-refractivity contribution is -0.144. The highest BCUT2D eigenvalue weighted by Crippen LogP contribution is 2.23. The van der Waals surface area contributed by atoms with E-state index in [4.69, 9.17) is 4.74 Å². The summed E-state index contributed by atoms with van der Waals surface area (Å²) in [5, 5.41) is 3.08. The molecule has 18 heavy (non-hydrogen) atoms. The minimum atomic E-state index is -0.0507.